The Morgan fingerprint density at radius 3 is 0.793 bits per heavy atom. The Kier molecular flexibility index (Phi) is 11.7. The molecule has 0 aliphatic carbocycles. The maximum atomic E-state index is 12.2. The summed E-state index contributed by atoms with van der Waals surface area (Å²) in [5.41, 5.74) is 14.2. The molecule has 0 spiro atoms. The summed E-state index contributed by atoms with van der Waals surface area (Å²) >= 11 is 0. The van der Waals surface area contributed by atoms with Gasteiger partial charge in [0.2, 0.25) is 0 Å². The highest BCUT2D eigenvalue weighted by atomic mass is 31.1. The number of carboxylic acids is 2. The van der Waals surface area contributed by atoms with Gasteiger partial charge in [0.15, 0.2) is 0 Å². The highest BCUT2D eigenvalue weighted by Gasteiger charge is 2.32. The maximum absolute atomic E-state index is 12.2. The molecule has 290 valence electrons. The first-order valence-electron chi connectivity index (χ1n) is 19.5. The first kappa shape index (κ1) is 40.5. The molecule has 0 saturated carbocycles. The molecule has 7 aromatic rings. The monoisotopic (exact) mass is 798 g/mol. The van der Waals surface area contributed by atoms with Crippen LogP contribution in [0.5, 0.6) is 0 Å². The Morgan fingerprint density at radius 2 is 0.586 bits per heavy atom. The van der Waals surface area contributed by atoms with E-state index in [4.69, 9.17) is 0 Å². The lowest BCUT2D eigenvalue weighted by Gasteiger charge is -2.32. The molecule has 0 bridgehead atoms. The van der Waals surface area contributed by atoms with Gasteiger partial charge in [-0.15, -0.1) is 0 Å². The fraction of sp³-hybridized carbons (Fsp3) is 0.154. The van der Waals surface area contributed by atoms with Gasteiger partial charge in [-0.05, 0) is 206 Å². The Morgan fingerprint density at radius 1 is 0.362 bits per heavy atom. The molecule has 0 heterocycles. The summed E-state index contributed by atoms with van der Waals surface area (Å²) in [6.07, 6.45) is 0. The van der Waals surface area contributed by atoms with Crippen LogP contribution in [0.2, 0.25) is 0 Å². The first-order valence-corrected chi connectivity index (χ1v) is 22.2. The van der Waals surface area contributed by atoms with Crippen molar-refractivity contribution in [3.8, 4) is 22.3 Å². The third kappa shape index (κ3) is 7.68. The topological polar surface area (TPSA) is 74.6 Å². The second-order valence-electron chi connectivity index (χ2n) is 15.3. The summed E-state index contributed by atoms with van der Waals surface area (Å²) in [5.74, 6) is -1.93. The van der Waals surface area contributed by atoms with Gasteiger partial charge in [0, 0.05) is 0 Å². The predicted octanol–water partition coefficient (Wildman–Crippen LogP) is 10.4. The number of rotatable bonds is 10. The number of aryl methyl sites for hydroxylation is 8. The van der Waals surface area contributed by atoms with E-state index in [0.717, 1.165) is 32.9 Å². The molecule has 2 N–H and O–H groups in total. The van der Waals surface area contributed by atoms with Crippen LogP contribution in [0.25, 0.3) is 22.3 Å². The maximum Gasteiger partial charge on any atom is 0.335 e. The van der Waals surface area contributed by atoms with E-state index in [1.54, 1.807) is 24.3 Å². The van der Waals surface area contributed by atoms with Gasteiger partial charge >= 0.3 is 11.9 Å². The van der Waals surface area contributed by atoms with Crippen molar-refractivity contribution in [2.45, 2.75) is 55.4 Å². The summed E-state index contributed by atoms with van der Waals surface area (Å²) in [6, 6.07) is 45.6. The van der Waals surface area contributed by atoms with Gasteiger partial charge in [0.05, 0.1) is 11.1 Å². The van der Waals surface area contributed by atoms with Crippen molar-refractivity contribution >= 4 is 59.6 Å². The fourth-order valence-electron chi connectivity index (χ4n) is 8.33. The summed E-state index contributed by atoms with van der Waals surface area (Å²) < 4.78 is 0. The molecule has 0 fully saturated rings. The molecule has 6 heteroatoms. The highest BCUT2D eigenvalue weighted by molar-refractivity contribution is 7.81. The SMILES string of the molecule is Cc1cccc(C)c1P(c1cc(-c2ccc(C(=O)O)cc2)c(P(c2c(C)cccc2C)c2c(C)cccc2C)cc1-c1ccc(C(=O)O)cc1)c1c(C)cccc1C. The Bertz CT molecular complexity index is 2340. The lowest BCUT2D eigenvalue weighted by atomic mass is 9.98. The van der Waals surface area contributed by atoms with Crippen LogP contribution in [-0.2, 0) is 0 Å². The first-order chi connectivity index (χ1) is 27.8. The van der Waals surface area contributed by atoms with Crippen molar-refractivity contribution in [3.63, 3.8) is 0 Å². The van der Waals surface area contributed by atoms with E-state index in [9.17, 15) is 19.8 Å². The van der Waals surface area contributed by atoms with Crippen LogP contribution in [0.4, 0.5) is 0 Å². The Hall–Kier alpha value is -5.66. The largest absolute Gasteiger partial charge is 0.478 e. The molecule has 0 saturated heterocycles. The van der Waals surface area contributed by atoms with Gasteiger partial charge in [-0.25, -0.2) is 9.59 Å². The van der Waals surface area contributed by atoms with E-state index in [2.05, 4.69) is 140 Å². The number of hydrogen-bond donors (Lipinski definition) is 2. The molecule has 0 radical (unpaired) electrons. The van der Waals surface area contributed by atoms with Gasteiger partial charge < -0.3 is 10.2 Å². The molecule has 4 nitrogen and oxygen atoms in total. The van der Waals surface area contributed by atoms with Crippen molar-refractivity contribution < 1.29 is 19.8 Å². The summed E-state index contributed by atoms with van der Waals surface area (Å²) in [7, 11) is -2.37. The van der Waals surface area contributed by atoms with E-state index >= 15 is 0 Å². The second kappa shape index (κ2) is 16.7. The van der Waals surface area contributed by atoms with Crippen LogP contribution in [-0.4, -0.2) is 22.2 Å². The van der Waals surface area contributed by atoms with Gasteiger partial charge in [-0.2, -0.15) is 0 Å². The fourth-order valence-corrected chi connectivity index (χ4v) is 14.5. The molecule has 58 heavy (non-hydrogen) atoms. The molecule has 0 aliphatic rings. The van der Waals surface area contributed by atoms with Crippen LogP contribution in [0.1, 0.15) is 65.2 Å². The van der Waals surface area contributed by atoms with E-state index in [-0.39, 0.29) is 11.1 Å². The molecular formula is C52H48O4P2. The van der Waals surface area contributed by atoms with Gasteiger partial charge in [-0.1, -0.05) is 97.1 Å². The molecular weight excluding hydrogens is 751 g/mol. The van der Waals surface area contributed by atoms with Crippen molar-refractivity contribution in [2.75, 3.05) is 0 Å². The molecule has 0 aromatic heterocycles. The van der Waals surface area contributed by atoms with E-state index in [1.165, 1.54) is 65.7 Å². The van der Waals surface area contributed by atoms with E-state index in [1.807, 2.05) is 24.3 Å². The minimum absolute atomic E-state index is 0.237. The minimum atomic E-state index is -1.19. The van der Waals surface area contributed by atoms with Gasteiger partial charge in [-0.3, -0.25) is 0 Å². The van der Waals surface area contributed by atoms with Crippen molar-refractivity contribution in [3.05, 3.63) is 189 Å². The molecule has 0 atom stereocenters. The highest BCUT2D eigenvalue weighted by Crippen LogP contribution is 2.46. The van der Waals surface area contributed by atoms with Crippen molar-refractivity contribution in [1.82, 2.24) is 0 Å². The normalized spacial score (nSPS) is 11.3. The van der Waals surface area contributed by atoms with Gasteiger partial charge in [0.25, 0.3) is 0 Å². The van der Waals surface area contributed by atoms with Gasteiger partial charge in [0.1, 0.15) is 0 Å². The zero-order valence-electron chi connectivity index (χ0n) is 34.3. The predicted molar refractivity (Wildman–Crippen MR) is 247 cm³/mol. The number of hydrogen-bond acceptors (Lipinski definition) is 2. The van der Waals surface area contributed by atoms with Crippen LogP contribution in [0.15, 0.2) is 133 Å². The second-order valence-corrected chi connectivity index (χ2v) is 19.4. The van der Waals surface area contributed by atoms with E-state index < -0.39 is 27.8 Å². The molecule has 0 unspecified atom stereocenters. The summed E-state index contributed by atoms with van der Waals surface area (Å²) in [4.78, 5) is 24.3. The summed E-state index contributed by atoms with van der Waals surface area (Å²) in [6.45, 7) is 17.6. The van der Waals surface area contributed by atoms with Crippen LogP contribution >= 0.6 is 15.8 Å². The Labute approximate surface area is 344 Å². The molecule has 7 aromatic carbocycles. The number of benzene rings is 7. The van der Waals surface area contributed by atoms with Crippen LogP contribution < -0.4 is 31.8 Å². The third-order valence-corrected chi connectivity index (χ3v) is 17.4. The Balaban J connectivity index is 1.71. The minimum Gasteiger partial charge on any atom is -0.478 e. The van der Waals surface area contributed by atoms with Crippen LogP contribution in [0, 0.1) is 55.4 Å². The number of aromatic carboxylic acids is 2. The zero-order valence-corrected chi connectivity index (χ0v) is 36.1. The van der Waals surface area contributed by atoms with Crippen molar-refractivity contribution in [1.29, 1.82) is 0 Å². The standard InChI is InChI=1S/C52H48O4P2/c1-31-13-9-14-32(2)47(31)57(48-33(3)15-10-16-34(48)4)45-29-44(40-23-27-42(28-24-40)52(55)56)46(30-43(45)39-21-25-41(26-22-39)51(53)54)58(49-35(5)17-11-18-36(49)6)50-37(7)19-12-20-38(50)8/h9-30H,1-8H3,(H,53,54)(H,55,56). The lowest BCUT2D eigenvalue weighted by molar-refractivity contribution is 0.0686. The van der Waals surface area contributed by atoms with Crippen LogP contribution in [0.3, 0.4) is 0 Å². The summed E-state index contributed by atoms with van der Waals surface area (Å²) in [5, 5.41) is 27.4. The smallest absolute Gasteiger partial charge is 0.335 e. The molecule has 7 rings (SSSR count). The van der Waals surface area contributed by atoms with E-state index in [0.29, 0.717) is 0 Å². The zero-order chi connectivity index (χ0) is 41.4. The quantitative estimate of drug-likeness (QED) is 0.135. The number of carboxylic acid groups (broad SMARTS) is 2. The lowest BCUT2D eigenvalue weighted by Crippen LogP contribution is -2.32. The average molecular weight is 799 g/mol. The molecule has 0 amide bonds. The number of carbonyl (C=O) groups is 2. The third-order valence-electron chi connectivity index (χ3n) is 11.1. The van der Waals surface area contributed by atoms with Crippen molar-refractivity contribution in [2.24, 2.45) is 0 Å². The molecule has 0 aliphatic heterocycles. The average Bonchev–Trinajstić information content (AvgIpc) is 3.19.